The Morgan fingerprint density at radius 3 is 2.66 bits per heavy atom. The molecule has 5 rings (SSSR count). The second-order valence-electron chi connectivity index (χ2n) is 8.93. The van der Waals surface area contributed by atoms with Crippen molar-refractivity contribution in [2.24, 2.45) is 0 Å². The first-order valence-corrected chi connectivity index (χ1v) is 10.9. The number of carbonyl (C=O) groups is 1. The third-order valence-electron chi connectivity index (χ3n) is 6.28. The van der Waals surface area contributed by atoms with E-state index in [1.54, 1.807) is 4.68 Å². The zero-order valence-electron chi connectivity index (χ0n) is 17.8. The lowest BCUT2D eigenvalue weighted by Crippen LogP contribution is -2.50. The van der Waals surface area contributed by atoms with Gasteiger partial charge >= 0.3 is 5.97 Å². The Balaban J connectivity index is 1.63. The molecule has 3 aromatic rings. The maximum Gasteiger partial charge on any atom is 0.341 e. The quantitative estimate of drug-likeness (QED) is 0.589. The molecule has 0 amide bonds. The summed E-state index contributed by atoms with van der Waals surface area (Å²) in [6, 6.07) is 17.0. The summed E-state index contributed by atoms with van der Waals surface area (Å²) in [4.78, 5) is 24.2. The van der Waals surface area contributed by atoms with E-state index < -0.39 is 11.4 Å². The zero-order chi connectivity index (χ0) is 22.6. The van der Waals surface area contributed by atoms with E-state index >= 15 is 0 Å². The Morgan fingerprint density at radius 1 is 1.19 bits per heavy atom. The number of carboxylic acids is 1. The van der Waals surface area contributed by atoms with E-state index in [0.29, 0.717) is 18.7 Å². The van der Waals surface area contributed by atoms with Gasteiger partial charge in [-0.3, -0.25) is 14.5 Å². The molecule has 0 saturated carbocycles. The number of nitrogens with zero attached hydrogens (tertiary/aromatic N) is 2. The van der Waals surface area contributed by atoms with Crippen LogP contribution in [0.2, 0.25) is 0 Å². The molecule has 32 heavy (non-hydrogen) atoms. The van der Waals surface area contributed by atoms with Gasteiger partial charge in [0.25, 0.3) is 0 Å². The van der Waals surface area contributed by atoms with Crippen molar-refractivity contribution in [2.75, 3.05) is 5.01 Å². The second-order valence-corrected chi connectivity index (χ2v) is 9.49. The number of pyridine rings is 1. The number of alkyl halides is 1. The van der Waals surface area contributed by atoms with Crippen LogP contribution in [0.15, 0.2) is 65.6 Å². The second kappa shape index (κ2) is 7.41. The molecule has 2 atom stereocenters. The highest BCUT2D eigenvalue weighted by Gasteiger charge is 2.50. The largest absolute Gasteiger partial charge is 0.489 e. The lowest BCUT2D eigenvalue weighted by molar-refractivity contribution is 0.0694. The minimum absolute atomic E-state index is 0.182. The van der Waals surface area contributed by atoms with Crippen LogP contribution in [0, 0.1) is 0 Å². The van der Waals surface area contributed by atoms with Crippen molar-refractivity contribution in [1.82, 2.24) is 4.68 Å². The number of hydrogen-bond donors (Lipinski definition) is 1. The topological polar surface area (TPSA) is 71.8 Å². The fourth-order valence-corrected chi connectivity index (χ4v) is 5.50. The van der Waals surface area contributed by atoms with Crippen LogP contribution in [0.3, 0.4) is 0 Å². The van der Waals surface area contributed by atoms with E-state index in [1.807, 2.05) is 48.5 Å². The molecule has 164 valence electrons. The van der Waals surface area contributed by atoms with Crippen LogP contribution in [-0.2, 0) is 6.61 Å². The Kier molecular flexibility index (Phi) is 4.78. The van der Waals surface area contributed by atoms with Crippen LogP contribution in [0.4, 0.5) is 0 Å². The maximum atomic E-state index is 12.5. The molecule has 0 radical (unpaired) electrons. The van der Waals surface area contributed by atoms with E-state index in [0.717, 1.165) is 22.4 Å². The summed E-state index contributed by atoms with van der Waals surface area (Å²) >= 11 is 6.85. The lowest BCUT2D eigenvalue weighted by atomic mass is 9.93. The van der Waals surface area contributed by atoms with Gasteiger partial charge in [0.15, 0.2) is 5.43 Å². The molecule has 2 aromatic carbocycles. The van der Waals surface area contributed by atoms with Crippen molar-refractivity contribution < 1.29 is 14.6 Å². The van der Waals surface area contributed by atoms with Crippen LogP contribution in [0.1, 0.15) is 47.8 Å². The third kappa shape index (κ3) is 3.26. The molecule has 1 N–H and O–H groups in total. The fourth-order valence-electron chi connectivity index (χ4n) is 4.88. The van der Waals surface area contributed by atoms with E-state index in [9.17, 15) is 14.7 Å². The molecular weight excluding hydrogens is 428 g/mol. The number of ether oxygens (including phenoxy) is 1. The first-order chi connectivity index (χ1) is 15.3. The van der Waals surface area contributed by atoms with Crippen molar-refractivity contribution in [2.45, 2.75) is 43.8 Å². The number of carboxylic acid groups (broad SMARTS) is 1. The van der Waals surface area contributed by atoms with Gasteiger partial charge in [-0.1, -0.05) is 30.3 Å². The molecule has 2 aliphatic rings. The number of aromatic carboxylic acids is 1. The highest BCUT2D eigenvalue weighted by molar-refractivity contribution is 6.21. The Bertz CT molecular complexity index is 1270. The summed E-state index contributed by atoms with van der Waals surface area (Å²) in [6.45, 7) is 4.60. The molecule has 6 nitrogen and oxygen atoms in total. The van der Waals surface area contributed by atoms with Gasteiger partial charge in [0.1, 0.15) is 17.9 Å². The van der Waals surface area contributed by atoms with E-state index in [1.165, 1.54) is 12.3 Å². The summed E-state index contributed by atoms with van der Waals surface area (Å²) in [5, 5.41) is 11.4. The van der Waals surface area contributed by atoms with E-state index in [4.69, 9.17) is 16.3 Å². The molecule has 7 heteroatoms. The standard InChI is InChI=1S/C25H23ClN2O4/c1-25(2)12-20(26)23-18-10-16(32-14-15-6-4-3-5-7-15)8-9-17(18)21-11-22(29)19(24(30)31)13-27(21)28(23)25/h3-11,13,20,23H,12,14H2,1-2H3,(H,30,31). The van der Waals surface area contributed by atoms with Crippen molar-refractivity contribution >= 4 is 17.6 Å². The molecule has 2 unspecified atom stereocenters. The highest BCUT2D eigenvalue weighted by atomic mass is 35.5. The van der Waals surface area contributed by atoms with Crippen molar-refractivity contribution in [1.29, 1.82) is 0 Å². The molecule has 0 aliphatic carbocycles. The normalized spacial score (nSPS) is 20.3. The van der Waals surface area contributed by atoms with Gasteiger partial charge < -0.3 is 9.84 Å². The average molecular weight is 451 g/mol. The van der Waals surface area contributed by atoms with E-state index in [-0.39, 0.29) is 22.5 Å². The Hall–Kier alpha value is -3.25. The number of rotatable bonds is 4. The van der Waals surface area contributed by atoms with Crippen LogP contribution in [-0.4, -0.2) is 26.7 Å². The predicted molar refractivity (Wildman–Crippen MR) is 123 cm³/mol. The van der Waals surface area contributed by atoms with Gasteiger partial charge in [0.2, 0.25) is 0 Å². The van der Waals surface area contributed by atoms with Gasteiger partial charge in [-0.15, -0.1) is 11.6 Å². The Labute approximate surface area is 190 Å². The minimum atomic E-state index is -1.24. The van der Waals surface area contributed by atoms with Crippen LogP contribution in [0.5, 0.6) is 5.75 Å². The smallest absolute Gasteiger partial charge is 0.341 e. The minimum Gasteiger partial charge on any atom is -0.489 e. The van der Waals surface area contributed by atoms with Crippen LogP contribution >= 0.6 is 11.6 Å². The van der Waals surface area contributed by atoms with Gasteiger partial charge in [-0.2, -0.15) is 0 Å². The van der Waals surface area contributed by atoms with Gasteiger partial charge in [0.05, 0.1) is 22.7 Å². The SMILES string of the molecule is CC1(C)CC(Cl)C2c3cc(OCc4ccccc4)ccc3-c3cc(=O)c(C(=O)O)cn3N21. The maximum absolute atomic E-state index is 12.5. The number of halogens is 1. The summed E-state index contributed by atoms with van der Waals surface area (Å²) in [5.41, 5.74) is 2.45. The van der Waals surface area contributed by atoms with Crippen LogP contribution in [0.25, 0.3) is 11.3 Å². The molecule has 1 aromatic heterocycles. The highest BCUT2D eigenvalue weighted by Crippen LogP contribution is 2.50. The molecule has 0 bridgehead atoms. The summed E-state index contributed by atoms with van der Waals surface area (Å²) < 4.78 is 7.84. The molecule has 2 aliphatic heterocycles. The molecule has 3 heterocycles. The number of hydrogen-bond acceptors (Lipinski definition) is 4. The number of aromatic nitrogens is 1. The van der Waals surface area contributed by atoms with Crippen molar-refractivity contribution in [3.63, 3.8) is 0 Å². The monoisotopic (exact) mass is 450 g/mol. The summed E-state index contributed by atoms with van der Waals surface area (Å²) in [6.07, 6.45) is 2.13. The summed E-state index contributed by atoms with van der Waals surface area (Å²) in [7, 11) is 0. The average Bonchev–Trinajstić information content (AvgIpc) is 3.01. The van der Waals surface area contributed by atoms with Gasteiger partial charge in [-0.05, 0) is 49.6 Å². The molecule has 1 fully saturated rings. The molecular formula is C25H23ClN2O4. The zero-order valence-corrected chi connectivity index (χ0v) is 18.5. The fraction of sp³-hybridized carbons (Fsp3) is 0.280. The predicted octanol–water partition coefficient (Wildman–Crippen LogP) is 4.57. The first-order valence-electron chi connectivity index (χ1n) is 10.5. The lowest BCUT2D eigenvalue weighted by Gasteiger charge is -2.44. The number of benzene rings is 2. The van der Waals surface area contributed by atoms with E-state index in [2.05, 4.69) is 18.9 Å². The van der Waals surface area contributed by atoms with Crippen molar-refractivity contribution in [3.8, 4) is 17.0 Å². The van der Waals surface area contributed by atoms with Gasteiger partial charge in [-0.25, -0.2) is 4.79 Å². The Morgan fingerprint density at radius 2 is 1.94 bits per heavy atom. The summed E-state index contributed by atoms with van der Waals surface area (Å²) in [5.74, 6) is -0.518. The van der Waals surface area contributed by atoms with Crippen molar-refractivity contribution in [3.05, 3.63) is 87.7 Å². The van der Waals surface area contributed by atoms with Crippen LogP contribution < -0.4 is 15.2 Å². The number of fused-ring (bicyclic) bond motifs is 6. The first kappa shape index (κ1) is 20.6. The third-order valence-corrected chi connectivity index (χ3v) is 6.67. The molecule has 0 spiro atoms. The molecule has 1 saturated heterocycles. The van der Waals surface area contributed by atoms with Gasteiger partial charge in [0, 0.05) is 17.8 Å².